The van der Waals surface area contributed by atoms with E-state index in [0.717, 1.165) is 31.2 Å². The molecule has 1 fully saturated rings. The van der Waals surface area contributed by atoms with Crippen LogP contribution in [0.15, 0.2) is 57.9 Å². The molecule has 2 aromatic carbocycles. The van der Waals surface area contributed by atoms with Crippen LogP contribution in [-0.4, -0.2) is 18.2 Å². The lowest BCUT2D eigenvalue weighted by molar-refractivity contribution is -0.158. The summed E-state index contributed by atoms with van der Waals surface area (Å²) in [6.45, 7) is 3.63. The van der Waals surface area contributed by atoms with E-state index in [-0.39, 0.29) is 23.3 Å². The molecule has 6 heteroatoms. The molecular weight excluding hydrogens is 396 g/mol. The summed E-state index contributed by atoms with van der Waals surface area (Å²) >= 11 is 0. The molecule has 4 rings (SSSR count). The second-order valence-electron chi connectivity index (χ2n) is 7.96. The Morgan fingerprint density at radius 3 is 2.48 bits per heavy atom. The Balaban J connectivity index is 1.45. The van der Waals surface area contributed by atoms with E-state index in [1.54, 1.807) is 37.3 Å². The Labute approximate surface area is 180 Å². The highest BCUT2D eigenvalue weighted by Crippen LogP contribution is 2.25. The van der Waals surface area contributed by atoms with Crippen molar-refractivity contribution in [3.05, 3.63) is 64.5 Å². The topological polar surface area (TPSA) is 75.0 Å². The lowest BCUT2D eigenvalue weighted by Crippen LogP contribution is -2.31. The summed E-state index contributed by atoms with van der Waals surface area (Å²) in [5, 5.41) is 0.370. The molecule has 0 aliphatic heterocycles. The zero-order valence-corrected chi connectivity index (χ0v) is 17.8. The van der Waals surface area contributed by atoms with Crippen LogP contribution in [0.3, 0.4) is 0 Å². The molecule has 1 unspecified atom stereocenters. The third-order valence-electron chi connectivity index (χ3n) is 5.44. The molecule has 1 saturated carbocycles. The number of esters is 1. The van der Waals surface area contributed by atoms with Crippen molar-refractivity contribution < 1.29 is 23.4 Å². The van der Waals surface area contributed by atoms with Crippen molar-refractivity contribution in [2.45, 2.75) is 58.2 Å². The Morgan fingerprint density at radius 1 is 1.03 bits per heavy atom. The zero-order chi connectivity index (χ0) is 21.8. The van der Waals surface area contributed by atoms with E-state index in [4.69, 9.17) is 18.6 Å². The predicted molar refractivity (Wildman–Crippen MR) is 117 cm³/mol. The number of aryl methyl sites for hydroxylation is 1. The first-order valence-corrected chi connectivity index (χ1v) is 10.7. The monoisotopic (exact) mass is 422 g/mol. The van der Waals surface area contributed by atoms with Crippen LogP contribution >= 0.6 is 0 Å². The van der Waals surface area contributed by atoms with Crippen LogP contribution in [-0.2, 0) is 9.53 Å². The minimum Gasteiger partial charge on any atom is -0.479 e. The lowest BCUT2D eigenvalue weighted by Gasteiger charge is -2.23. The van der Waals surface area contributed by atoms with Gasteiger partial charge in [0.25, 0.3) is 0 Å². The van der Waals surface area contributed by atoms with Crippen LogP contribution in [0.4, 0.5) is 0 Å². The number of hydrogen-bond acceptors (Lipinski definition) is 6. The standard InChI is InChI=1S/C25H26O6/c1-16-8-10-19(11-9-16)30-23-15-28-22-14-20(12-13-21(22)24(23)26)29-17(2)25(27)31-18-6-4-3-5-7-18/h8-15,17-18H,3-7H2,1-2H3. The SMILES string of the molecule is Cc1ccc(Oc2coc3cc(OC(C)C(=O)OC4CCCCC4)ccc3c2=O)cc1. The van der Waals surface area contributed by atoms with Gasteiger partial charge in [-0.2, -0.15) is 0 Å². The average Bonchev–Trinajstić information content (AvgIpc) is 2.78. The van der Waals surface area contributed by atoms with Gasteiger partial charge in [-0.1, -0.05) is 24.1 Å². The van der Waals surface area contributed by atoms with Crippen LogP contribution < -0.4 is 14.9 Å². The smallest absolute Gasteiger partial charge is 0.347 e. The Hall–Kier alpha value is -3.28. The maximum absolute atomic E-state index is 12.8. The molecule has 162 valence electrons. The van der Waals surface area contributed by atoms with Crippen molar-refractivity contribution in [3.63, 3.8) is 0 Å². The number of hydrogen-bond donors (Lipinski definition) is 0. The highest BCUT2D eigenvalue weighted by atomic mass is 16.6. The molecule has 0 amide bonds. The van der Waals surface area contributed by atoms with Gasteiger partial charge >= 0.3 is 5.97 Å². The average molecular weight is 422 g/mol. The summed E-state index contributed by atoms with van der Waals surface area (Å²) in [7, 11) is 0. The summed E-state index contributed by atoms with van der Waals surface area (Å²) in [6.07, 6.45) is 5.71. The fourth-order valence-electron chi connectivity index (χ4n) is 3.66. The van der Waals surface area contributed by atoms with Gasteiger partial charge in [0.05, 0.1) is 5.39 Å². The molecule has 1 atom stereocenters. The highest BCUT2D eigenvalue weighted by molar-refractivity contribution is 5.79. The predicted octanol–water partition coefficient (Wildman–Crippen LogP) is 5.54. The zero-order valence-electron chi connectivity index (χ0n) is 17.8. The number of ether oxygens (including phenoxy) is 3. The molecule has 1 aliphatic carbocycles. The van der Waals surface area contributed by atoms with Crippen LogP contribution in [0.25, 0.3) is 11.0 Å². The molecule has 0 radical (unpaired) electrons. The van der Waals surface area contributed by atoms with E-state index >= 15 is 0 Å². The van der Waals surface area contributed by atoms with E-state index < -0.39 is 6.10 Å². The molecule has 1 aromatic heterocycles. The molecule has 0 spiro atoms. The first-order valence-electron chi connectivity index (χ1n) is 10.7. The Kier molecular flexibility index (Phi) is 6.26. The van der Waals surface area contributed by atoms with Gasteiger partial charge in [0.2, 0.25) is 11.2 Å². The first kappa shape index (κ1) is 21.0. The summed E-state index contributed by atoms with van der Waals surface area (Å²) in [5.41, 5.74) is 1.17. The van der Waals surface area contributed by atoms with Gasteiger partial charge < -0.3 is 18.6 Å². The lowest BCUT2D eigenvalue weighted by atomic mass is 9.98. The Morgan fingerprint density at radius 2 is 1.74 bits per heavy atom. The maximum atomic E-state index is 12.8. The molecule has 6 nitrogen and oxygen atoms in total. The third-order valence-corrected chi connectivity index (χ3v) is 5.44. The minimum atomic E-state index is -0.754. The Bertz CT molecular complexity index is 1110. The highest BCUT2D eigenvalue weighted by Gasteiger charge is 2.23. The van der Waals surface area contributed by atoms with Crippen molar-refractivity contribution >= 4 is 16.9 Å². The van der Waals surface area contributed by atoms with Crippen molar-refractivity contribution in [3.8, 4) is 17.2 Å². The van der Waals surface area contributed by atoms with Gasteiger partial charge in [0, 0.05) is 6.07 Å². The second-order valence-corrected chi connectivity index (χ2v) is 7.96. The summed E-state index contributed by atoms with van der Waals surface area (Å²) in [4.78, 5) is 25.1. The van der Waals surface area contributed by atoms with Gasteiger partial charge in [0.15, 0.2) is 6.10 Å². The van der Waals surface area contributed by atoms with Crippen LogP contribution in [0.2, 0.25) is 0 Å². The molecule has 1 heterocycles. The summed E-state index contributed by atoms with van der Waals surface area (Å²) < 4.78 is 22.6. The van der Waals surface area contributed by atoms with Gasteiger partial charge in [0.1, 0.15) is 29.4 Å². The summed E-state index contributed by atoms with van der Waals surface area (Å²) in [6, 6.07) is 12.2. The maximum Gasteiger partial charge on any atom is 0.347 e. The molecule has 0 N–H and O–H groups in total. The van der Waals surface area contributed by atoms with E-state index in [0.29, 0.717) is 22.5 Å². The number of fused-ring (bicyclic) bond motifs is 1. The van der Waals surface area contributed by atoms with Gasteiger partial charge in [-0.05, 0) is 63.8 Å². The molecule has 1 aliphatic rings. The van der Waals surface area contributed by atoms with Gasteiger partial charge in [-0.15, -0.1) is 0 Å². The van der Waals surface area contributed by atoms with E-state index in [9.17, 15) is 9.59 Å². The van der Waals surface area contributed by atoms with Gasteiger partial charge in [-0.3, -0.25) is 4.79 Å². The number of rotatable bonds is 6. The van der Waals surface area contributed by atoms with E-state index in [1.807, 2.05) is 19.1 Å². The van der Waals surface area contributed by atoms with Crippen molar-refractivity contribution in [2.75, 3.05) is 0 Å². The van der Waals surface area contributed by atoms with E-state index in [1.165, 1.54) is 12.7 Å². The third kappa shape index (κ3) is 5.08. The largest absolute Gasteiger partial charge is 0.479 e. The summed E-state index contributed by atoms with van der Waals surface area (Å²) in [5.74, 6) is 0.711. The molecule has 31 heavy (non-hydrogen) atoms. The van der Waals surface area contributed by atoms with Crippen molar-refractivity contribution in [1.82, 2.24) is 0 Å². The van der Waals surface area contributed by atoms with Gasteiger partial charge in [-0.25, -0.2) is 4.79 Å². The fraction of sp³-hybridized carbons (Fsp3) is 0.360. The number of carbonyl (C=O) groups is 1. The van der Waals surface area contributed by atoms with Crippen LogP contribution in [0.1, 0.15) is 44.6 Å². The second kappa shape index (κ2) is 9.25. The fourth-order valence-corrected chi connectivity index (χ4v) is 3.66. The first-order chi connectivity index (χ1) is 15.0. The minimum absolute atomic E-state index is 0.0196. The molecule has 0 bridgehead atoms. The quantitative estimate of drug-likeness (QED) is 0.486. The molecular formula is C25H26O6. The van der Waals surface area contributed by atoms with E-state index in [2.05, 4.69) is 0 Å². The van der Waals surface area contributed by atoms with Crippen LogP contribution in [0.5, 0.6) is 17.2 Å². The normalized spacial score (nSPS) is 15.4. The van der Waals surface area contributed by atoms with Crippen molar-refractivity contribution in [1.29, 1.82) is 0 Å². The van der Waals surface area contributed by atoms with Crippen molar-refractivity contribution in [2.24, 2.45) is 0 Å². The molecule has 0 saturated heterocycles. The number of carbonyl (C=O) groups excluding carboxylic acids is 1. The van der Waals surface area contributed by atoms with Crippen LogP contribution in [0, 0.1) is 6.92 Å². The number of benzene rings is 2. The molecule has 3 aromatic rings.